The van der Waals surface area contributed by atoms with Crippen LogP contribution < -0.4 is 0 Å². The summed E-state index contributed by atoms with van der Waals surface area (Å²) < 4.78 is 1.04. The van der Waals surface area contributed by atoms with Crippen molar-refractivity contribution < 1.29 is 4.79 Å². The molecule has 0 radical (unpaired) electrons. The summed E-state index contributed by atoms with van der Waals surface area (Å²) in [5.41, 5.74) is 1.50. The minimum atomic E-state index is -0.145. The van der Waals surface area contributed by atoms with Crippen LogP contribution in [0.25, 0.3) is 0 Å². The van der Waals surface area contributed by atoms with E-state index in [0.29, 0.717) is 12.1 Å². The normalized spacial score (nSPS) is 10.5. The van der Waals surface area contributed by atoms with Gasteiger partial charge in [0.2, 0.25) is 0 Å². The Morgan fingerprint density at radius 3 is 2.53 bits per heavy atom. The summed E-state index contributed by atoms with van der Waals surface area (Å²) in [6.45, 7) is 0.526. The van der Waals surface area contributed by atoms with Crippen molar-refractivity contribution in [3.63, 3.8) is 0 Å². The number of carbonyl (C=O) groups excluding carboxylic acids is 1. The van der Waals surface area contributed by atoms with Crippen LogP contribution in [-0.4, -0.2) is 22.8 Å². The Morgan fingerprint density at radius 1 is 1.37 bits per heavy atom. The Morgan fingerprint density at radius 2 is 2.00 bits per heavy atom. The predicted octanol–water partition coefficient (Wildman–Crippen LogP) is 4.48. The van der Waals surface area contributed by atoms with E-state index in [9.17, 15) is 4.79 Å². The first kappa shape index (κ1) is 14.8. The van der Waals surface area contributed by atoms with Crippen LogP contribution in [0.3, 0.4) is 0 Å². The Hall–Kier alpha value is -0.620. The lowest BCUT2D eigenvalue weighted by Gasteiger charge is -2.16. The molecule has 2 rings (SSSR count). The molecule has 0 bridgehead atoms. The lowest BCUT2D eigenvalue weighted by molar-refractivity contribution is 0.0785. The van der Waals surface area contributed by atoms with Crippen molar-refractivity contribution in [3.05, 3.63) is 48.8 Å². The van der Waals surface area contributed by atoms with Crippen molar-refractivity contribution in [1.82, 2.24) is 9.88 Å². The number of pyridine rings is 1. The van der Waals surface area contributed by atoms with E-state index in [1.165, 1.54) is 12.1 Å². The van der Waals surface area contributed by atoms with Gasteiger partial charge in [0.05, 0.1) is 3.79 Å². The van der Waals surface area contributed by atoms with Gasteiger partial charge < -0.3 is 4.90 Å². The van der Waals surface area contributed by atoms with Gasteiger partial charge in [0, 0.05) is 19.2 Å². The molecule has 0 saturated carbocycles. The third-order valence-corrected chi connectivity index (χ3v) is 4.34. The number of thiophene rings is 1. The molecular formula is C12H9BrCl2N2OS. The van der Waals surface area contributed by atoms with E-state index >= 15 is 0 Å². The summed E-state index contributed by atoms with van der Waals surface area (Å²) in [5.74, 6) is -0.145. The van der Waals surface area contributed by atoms with Crippen LogP contribution in [0.1, 0.15) is 15.9 Å². The molecule has 0 aromatic carbocycles. The van der Waals surface area contributed by atoms with Gasteiger partial charge in [0.1, 0.15) is 10.3 Å². The number of amides is 1. The lowest BCUT2D eigenvalue weighted by atomic mass is 10.2. The van der Waals surface area contributed by atoms with Gasteiger partial charge in [0.25, 0.3) is 5.91 Å². The van der Waals surface area contributed by atoms with Crippen LogP contribution in [0, 0.1) is 0 Å². The summed E-state index contributed by atoms with van der Waals surface area (Å²) in [5, 5.41) is 2.42. The molecule has 3 nitrogen and oxygen atoms in total. The molecule has 19 heavy (non-hydrogen) atoms. The molecular weight excluding hydrogens is 371 g/mol. The van der Waals surface area contributed by atoms with E-state index in [4.69, 9.17) is 23.2 Å². The average Bonchev–Trinajstić information content (AvgIpc) is 2.72. The molecule has 2 aromatic heterocycles. The summed E-state index contributed by atoms with van der Waals surface area (Å²) in [7, 11) is 1.73. The molecule has 2 heterocycles. The summed E-state index contributed by atoms with van der Waals surface area (Å²) in [4.78, 5) is 17.7. The third-order valence-electron chi connectivity index (χ3n) is 2.40. The van der Waals surface area contributed by atoms with Gasteiger partial charge in [-0.1, -0.05) is 23.2 Å². The Labute approximate surface area is 133 Å². The largest absolute Gasteiger partial charge is 0.337 e. The molecule has 1 amide bonds. The monoisotopic (exact) mass is 378 g/mol. The summed E-state index contributed by atoms with van der Waals surface area (Å²) >= 11 is 16.6. The fourth-order valence-electron chi connectivity index (χ4n) is 1.58. The van der Waals surface area contributed by atoms with Gasteiger partial charge in [-0.05, 0) is 45.1 Å². The molecule has 0 aliphatic rings. The van der Waals surface area contributed by atoms with Crippen molar-refractivity contribution in [2.75, 3.05) is 7.05 Å². The van der Waals surface area contributed by atoms with E-state index in [1.54, 1.807) is 23.3 Å². The van der Waals surface area contributed by atoms with Gasteiger partial charge in [-0.15, -0.1) is 11.3 Å². The first-order chi connectivity index (χ1) is 8.95. The maximum Gasteiger partial charge on any atom is 0.254 e. The highest BCUT2D eigenvalue weighted by molar-refractivity contribution is 9.11. The highest BCUT2D eigenvalue weighted by Gasteiger charge is 2.14. The summed E-state index contributed by atoms with van der Waals surface area (Å²) in [6.07, 6.45) is 0. The lowest BCUT2D eigenvalue weighted by Crippen LogP contribution is -2.26. The van der Waals surface area contributed by atoms with E-state index in [2.05, 4.69) is 20.9 Å². The zero-order chi connectivity index (χ0) is 14.0. The van der Waals surface area contributed by atoms with Crippen molar-refractivity contribution >= 4 is 56.4 Å². The quantitative estimate of drug-likeness (QED) is 0.736. The number of nitrogens with zero attached hydrogens (tertiary/aromatic N) is 2. The first-order valence-electron chi connectivity index (χ1n) is 5.27. The van der Waals surface area contributed by atoms with Crippen LogP contribution in [0.4, 0.5) is 0 Å². The Kier molecular flexibility index (Phi) is 4.84. The molecule has 0 atom stereocenters. The number of rotatable bonds is 3. The zero-order valence-corrected chi connectivity index (χ0v) is 13.8. The van der Waals surface area contributed by atoms with Crippen molar-refractivity contribution in [2.24, 2.45) is 0 Å². The fourth-order valence-corrected chi connectivity index (χ4v) is 3.24. The van der Waals surface area contributed by atoms with Crippen molar-refractivity contribution in [2.45, 2.75) is 6.54 Å². The number of halogens is 3. The van der Waals surface area contributed by atoms with Crippen molar-refractivity contribution in [1.29, 1.82) is 0 Å². The zero-order valence-electron chi connectivity index (χ0n) is 9.86. The topological polar surface area (TPSA) is 33.2 Å². The van der Waals surface area contributed by atoms with E-state index in [-0.39, 0.29) is 16.2 Å². The van der Waals surface area contributed by atoms with Crippen LogP contribution >= 0.6 is 50.5 Å². The smallest absolute Gasteiger partial charge is 0.254 e. The maximum atomic E-state index is 12.2. The molecule has 0 N–H and O–H groups in total. The predicted molar refractivity (Wildman–Crippen MR) is 82.1 cm³/mol. The van der Waals surface area contributed by atoms with Crippen LogP contribution in [0.5, 0.6) is 0 Å². The highest BCUT2D eigenvalue weighted by Crippen LogP contribution is 2.22. The van der Waals surface area contributed by atoms with E-state index < -0.39 is 0 Å². The molecule has 0 saturated heterocycles. The molecule has 0 unspecified atom stereocenters. The van der Waals surface area contributed by atoms with E-state index in [0.717, 1.165) is 9.35 Å². The maximum absolute atomic E-state index is 12.2. The van der Waals surface area contributed by atoms with Gasteiger partial charge in [-0.3, -0.25) is 4.79 Å². The minimum absolute atomic E-state index is 0.145. The number of hydrogen-bond acceptors (Lipinski definition) is 3. The number of aromatic nitrogens is 1. The second-order valence-electron chi connectivity index (χ2n) is 3.92. The standard InChI is InChI=1S/C12H9BrCl2N2OS/c1-17(5-7-2-9(13)19-6-7)12(18)8-3-10(14)16-11(15)4-8/h2-4,6H,5H2,1H3. The highest BCUT2D eigenvalue weighted by atomic mass is 79.9. The van der Waals surface area contributed by atoms with Gasteiger partial charge >= 0.3 is 0 Å². The molecule has 0 spiro atoms. The number of carbonyl (C=O) groups is 1. The Bertz CT molecular complexity index is 597. The molecule has 2 aromatic rings. The molecule has 0 aliphatic carbocycles. The van der Waals surface area contributed by atoms with Crippen LogP contribution in [0.2, 0.25) is 10.3 Å². The van der Waals surface area contributed by atoms with Crippen LogP contribution in [0.15, 0.2) is 27.4 Å². The fraction of sp³-hybridized carbons (Fsp3) is 0.167. The SMILES string of the molecule is CN(Cc1csc(Br)c1)C(=O)c1cc(Cl)nc(Cl)c1. The summed E-state index contributed by atoms with van der Waals surface area (Å²) in [6, 6.07) is 5.01. The number of hydrogen-bond donors (Lipinski definition) is 0. The van der Waals surface area contributed by atoms with Gasteiger partial charge in [-0.2, -0.15) is 0 Å². The second-order valence-corrected chi connectivity index (χ2v) is 6.99. The minimum Gasteiger partial charge on any atom is -0.337 e. The van der Waals surface area contributed by atoms with Crippen molar-refractivity contribution in [3.8, 4) is 0 Å². The molecule has 0 aliphatic heterocycles. The molecule has 100 valence electrons. The van der Waals surface area contributed by atoms with Gasteiger partial charge in [0.15, 0.2) is 0 Å². The van der Waals surface area contributed by atoms with Crippen LogP contribution in [-0.2, 0) is 6.54 Å². The second kappa shape index (κ2) is 6.22. The molecule has 0 fully saturated rings. The van der Waals surface area contributed by atoms with E-state index in [1.807, 2.05) is 11.4 Å². The third kappa shape index (κ3) is 3.92. The average molecular weight is 380 g/mol. The Balaban J connectivity index is 2.14. The first-order valence-corrected chi connectivity index (χ1v) is 7.70. The van der Waals surface area contributed by atoms with Gasteiger partial charge in [-0.25, -0.2) is 4.98 Å². The molecule has 7 heteroatoms.